The number of rotatable bonds is 2. The highest BCUT2D eigenvalue weighted by Crippen LogP contribution is 2.15. The molecule has 4 heteroatoms. The molecule has 0 amide bonds. The van der Waals surface area contributed by atoms with Crippen LogP contribution in [0.25, 0.3) is 0 Å². The predicted molar refractivity (Wildman–Crippen MR) is 57.4 cm³/mol. The van der Waals surface area contributed by atoms with E-state index >= 15 is 0 Å². The second-order valence-electron chi connectivity index (χ2n) is 2.12. The summed E-state index contributed by atoms with van der Waals surface area (Å²) in [5.74, 6) is 0. The van der Waals surface area contributed by atoms with Gasteiger partial charge in [0.25, 0.3) is 0 Å². The lowest BCUT2D eigenvalue weighted by molar-refractivity contribution is 0.913. The Hall–Kier alpha value is 0.320. The van der Waals surface area contributed by atoms with Crippen LogP contribution >= 0.6 is 38.5 Å². The third kappa shape index (κ3) is 2.68. The van der Waals surface area contributed by atoms with Gasteiger partial charge in [-0.2, -0.15) is 0 Å². The summed E-state index contributed by atoms with van der Waals surface area (Å²) in [5, 5.41) is 0. The summed E-state index contributed by atoms with van der Waals surface area (Å²) in [6, 6.07) is 2.04. The van der Waals surface area contributed by atoms with Crippen LogP contribution < -0.4 is 5.73 Å². The topological polar surface area (TPSA) is 38.9 Å². The third-order valence-electron chi connectivity index (χ3n) is 1.27. The fourth-order valence-electron chi connectivity index (χ4n) is 0.764. The van der Waals surface area contributed by atoms with Crippen molar-refractivity contribution in [2.75, 3.05) is 6.54 Å². The molecule has 0 spiro atoms. The lowest BCUT2D eigenvalue weighted by Gasteiger charge is -2.00. The van der Waals surface area contributed by atoms with Crippen molar-refractivity contribution in [1.29, 1.82) is 0 Å². The molecule has 0 saturated heterocycles. The molecule has 0 aliphatic carbocycles. The van der Waals surface area contributed by atoms with Crippen LogP contribution in [0.4, 0.5) is 0 Å². The van der Waals surface area contributed by atoms with E-state index in [0.717, 1.165) is 16.6 Å². The first-order valence-electron chi connectivity index (χ1n) is 3.24. The van der Waals surface area contributed by atoms with Crippen molar-refractivity contribution in [2.45, 2.75) is 6.42 Å². The molecule has 1 heterocycles. The lowest BCUT2D eigenvalue weighted by atomic mass is 10.3. The Kier molecular flexibility index (Phi) is 3.74. The summed E-state index contributed by atoms with van der Waals surface area (Å²) in [6.45, 7) is 0.657. The molecule has 0 aliphatic rings. The molecule has 0 bridgehead atoms. The second-order valence-corrected chi connectivity index (χ2v) is 4.20. The van der Waals surface area contributed by atoms with Crippen LogP contribution in [0.15, 0.2) is 16.7 Å². The van der Waals surface area contributed by atoms with Crippen LogP contribution in [0.3, 0.4) is 0 Å². The van der Waals surface area contributed by atoms with Crippen LogP contribution in [-0.2, 0) is 6.42 Å². The Morgan fingerprint density at radius 2 is 2.36 bits per heavy atom. The quantitative estimate of drug-likeness (QED) is 0.844. The lowest BCUT2D eigenvalue weighted by Crippen LogP contribution is -2.05. The molecule has 11 heavy (non-hydrogen) atoms. The number of nitrogens with two attached hydrogens (primary N) is 1. The number of hydrogen-bond donors (Lipinski definition) is 1. The normalized spacial score (nSPS) is 10.1. The van der Waals surface area contributed by atoms with Gasteiger partial charge in [-0.25, -0.2) is 0 Å². The van der Waals surface area contributed by atoms with Gasteiger partial charge in [-0.05, 0) is 51.1 Å². The molecule has 0 aromatic carbocycles. The van der Waals surface area contributed by atoms with E-state index in [-0.39, 0.29) is 0 Å². The predicted octanol–water partition coefficient (Wildman–Crippen LogP) is 1.95. The molecular weight excluding hydrogens is 319 g/mol. The van der Waals surface area contributed by atoms with Gasteiger partial charge in [0.2, 0.25) is 0 Å². The molecule has 2 nitrogen and oxygen atoms in total. The van der Waals surface area contributed by atoms with Gasteiger partial charge in [0, 0.05) is 20.7 Å². The molecule has 0 aliphatic heterocycles. The van der Waals surface area contributed by atoms with Crippen molar-refractivity contribution in [3.63, 3.8) is 0 Å². The maximum absolute atomic E-state index is 5.41. The first-order valence-corrected chi connectivity index (χ1v) is 5.11. The zero-order valence-electron chi connectivity index (χ0n) is 5.85. The molecule has 1 aromatic heterocycles. The Morgan fingerprint density at radius 1 is 1.64 bits per heavy atom. The van der Waals surface area contributed by atoms with E-state index < -0.39 is 0 Å². The molecule has 60 valence electrons. The standard InChI is InChI=1S/C7H8BrIN2/c8-5-3-6(9)7(1-2-10)11-4-5/h3-4H,1-2,10H2. The minimum absolute atomic E-state index is 0.657. The average molecular weight is 327 g/mol. The van der Waals surface area contributed by atoms with Crippen LogP contribution in [0.1, 0.15) is 5.69 Å². The summed E-state index contributed by atoms with van der Waals surface area (Å²) >= 11 is 5.61. The summed E-state index contributed by atoms with van der Waals surface area (Å²) in [7, 11) is 0. The number of pyridine rings is 1. The van der Waals surface area contributed by atoms with Crippen molar-refractivity contribution in [3.8, 4) is 0 Å². The van der Waals surface area contributed by atoms with Gasteiger partial charge < -0.3 is 5.73 Å². The first kappa shape index (κ1) is 9.41. The summed E-state index contributed by atoms with van der Waals surface area (Å²) in [4.78, 5) is 4.23. The van der Waals surface area contributed by atoms with Crippen LogP contribution in [-0.4, -0.2) is 11.5 Å². The number of halogens is 2. The summed E-state index contributed by atoms with van der Waals surface area (Å²) in [5.41, 5.74) is 6.49. The first-order chi connectivity index (χ1) is 5.24. The minimum atomic E-state index is 0.657. The molecule has 0 saturated carbocycles. The zero-order chi connectivity index (χ0) is 8.27. The summed E-state index contributed by atoms with van der Waals surface area (Å²) in [6.07, 6.45) is 2.65. The number of aromatic nitrogens is 1. The van der Waals surface area contributed by atoms with E-state index in [0.29, 0.717) is 6.54 Å². The van der Waals surface area contributed by atoms with Gasteiger partial charge in [-0.3, -0.25) is 4.98 Å². The fourth-order valence-corrected chi connectivity index (χ4v) is 2.27. The van der Waals surface area contributed by atoms with Crippen molar-refractivity contribution in [1.82, 2.24) is 4.98 Å². The SMILES string of the molecule is NCCc1ncc(Br)cc1I. The van der Waals surface area contributed by atoms with Gasteiger partial charge in [0.05, 0.1) is 5.69 Å². The smallest absolute Gasteiger partial charge is 0.0550 e. The highest BCUT2D eigenvalue weighted by molar-refractivity contribution is 14.1. The van der Waals surface area contributed by atoms with Crippen LogP contribution in [0.2, 0.25) is 0 Å². The highest BCUT2D eigenvalue weighted by atomic mass is 127. The monoisotopic (exact) mass is 326 g/mol. The van der Waals surface area contributed by atoms with E-state index in [1.807, 2.05) is 6.07 Å². The van der Waals surface area contributed by atoms with Gasteiger partial charge in [-0.15, -0.1) is 0 Å². The van der Waals surface area contributed by atoms with Crippen LogP contribution in [0.5, 0.6) is 0 Å². The molecule has 0 atom stereocenters. The molecule has 0 unspecified atom stereocenters. The number of nitrogens with zero attached hydrogens (tertiary/aromatic N) is 1. The summed E-state index contributed by atoms with van der Waals surface area (Å²) < 4.78 is 2.19. The van der Waals surface area contributed by atoms with E-state index in [2.05, 4.69) is 43.5 Å². The Balaban J connectivity index is 2.90. The molecule has 1 rings (SSSR count). The third-order valence-corrected chi connectivity index (χ3v) is 2.63. The average Bonchev–Trinajstić information content (AvgIpc) is 1.95. The molecule has 0 fully saturated rings. The van der Waals surface area contributed by atoms with E-state index in [4.69, 9.17) is 5.73 Å². The Morgan fingerprint density at radius 3 is 2.91 bits per heavy atom. The largest absolute Gasteiger partial charge is 0.330 e. The van der Waals surface area contributed by atoms with Crippen LogP contribution in [0, 0.1) is 3.57 Å². The second kappa shape index (κ2) is 4.37. The van der Waals surface area contributed by atoms with Gasteiger partial charge in [0.1, 0.15) is 0 Å². The van der Waals surface area contributed by atoms with Crippen molar-refractivity contribution in [2.24, 2.45) is 5.73 Å². The highest BCUT2D eigenvalue weighted by Gasteiger charge is 1.99. The van der Waals surface area contributed by atoms with Crippen molar-refractivity contribution >= 4 is 38.5 Å². The Bertz CT molecular complexity index is 252. The maximum atomic E-state index is 5.41. The van der Waals surface area contributed by atoms with Gasteiger partial charge in [-0.1, -0.05) is 0 Å². The zero-order valence-corrected chi connectivity index (χ0v) is 9.59. The van der Waals surface area contributed by atoms with Gasteiger partial charge >= 0.3 is 0 Å². The van der Waals surface area contributed by atoms with Crippen molar-refractivity contribution < 1.29 is 0 Å². The van der Waals surface area contributed by atoms with Gasteiger partial charge in [0.15, 0.2) is 0 Å². The number of hydrogen-bond acceptors (Lipinski definition) is 2. The molecule has 2 N–H and O–H groups in total. The Labute approximate surface area is 87.9 Å². The fraction of sp³-hybridized carbons (Fsp3) is 0.286. The van der Waals surface area contributed by atoms with Crippen molar-refractivity contribution in [3.05, 3.63) is 26.0 Å². The van der Waals surface area contributed by atoms with E-state index in [1.165, 1.54) is 3.57 Å². The van der Waals surface area contributed by atoms with E-state index in [9.17, 15) is 0 Å². The molecule has 0 radical (unpaired) electrons. The minimum Gasteiger partial charge on any atom is -0.330 e. The van der Waals surface area contributed by atoms with E-state index in [1.54, 1.807) is 6.20 Å². The maximum Gasteiger partial charge on any atom is 0.0550 e. The molecular formula is C7H8BrIN2. The molecule has 1 aromatic rings.